The molecule has 0 fully saturated rings. The fourth-order valence-electron chi connectivity index (χ4n) is 1.82. The van der Waals surface area contributed by atoms with Crippen molar-refractivity contribution in [2.24, 2.45) is 5.92 Å². The van der Waals surface area contributed by atoms with Gasteiger partial charge in [-0.2, -0.15) is 0 Å². The van der Waals surface area contributed by atoms with Crippen molar-refractivity contribution in [2.45, 2.75) is 13.8 Å². The molecule has 0 saturated heterocycles. The van der Waals surface area contributed by atoms with Crippen molar-refractivity contribution in [3.63, 3.8) is 0 Å². The van der Waals surface area contributed by atoms with Gasteiger partial charge in [0.25, 0.3) is 11.8 Å². The monoisotopic (exact) mass is 277 g/mol. The summed E-state index contributed by atoms with van der Waals surface area (Å²) in [5.74, 6) is -2.01. The summed E-state index contributed by atoms with van der Waals surface area (Å²) in [4.78, 5) is 40.6. The van der Waals surface area contributed by atoms with E-state index in [2.05, 4.69) is 0 Å². The fourth-order valence-corrected chi connectivity index (χ4v) is 1.82. The molecule has 2 rings (SSSR count). The molecule has 20 heavy (non-hydrogen) atoms. The van der Waals surface area contributed by atoms with Crippen LogP contribution in [-0.2, 0) is 14.4 Å². The Morgan fingerprint density at radius 2 is 1.75 bits per heavy atom. The standard InChI is InChI=1S/C14H15NO5/c1-3-19-14(18)9(2)8-20-15-12(16)10-6-4-5-7-11(10)13(15)17/h4-7,9H,3,8H2,1-2H3. The van der Waals surface area contributed by atoms with Crippen LogP contribution in [0.2, 0.25) is 0 Å². The zero-order valence-corrected chi connectivity index (χ0v) is 11.3. The number of hydroxylamine groups is 2. The Morgan fingerprint density at radius 1 is 1.20 bits per heavy atom. The highest BCUT2D eigenvalue weighted by atomic mass is 16.7. The predicted octanol–water partition coefficient (Wildman–Crippen LogP) is 1.41. The molecule has 0 N–H and O–H groups in total. The topological polar surface area (TPSA) is 72.9 Å². The maximum atomic E-state index is 12.0. The highest BCUT2D eigenvalue weighted by molar-refractivity contribution is 6.20. The molecule has 0 spiro atoms. The number of carbonyl (C=O) groups is 3. The van der Waals surface area contributed by atoms with E-state index in [9.17, 15) is 14.4 Å². The number of hydrogen-bond donors (Lipinski definition) is 0. The Hall–Kier alpha value is -2.21. The quantitative estimate of drug-likeness (QED) is 0.601. The SMILES string of the molecule is CCOC(=O)C(C)CON1C(=O)c2ccccc2C1=O. The predicted molar refractivity (Wildman–Crippen MR) is 68.7 cm³/mol. The molecular formula is C14H15NO5. The van der Waals surface area contributed by atoms with Crippen molar-refractivity contribution < 1.29 is 24.0 Å². The number of amides is 2. The number of nitrogens with zero attached hydrogens (tertiary/aromatic N) is 1. The minimum atomic E-state index is -0.556. The average Bonchev–Trinajstić information content (AvgIpc) is 2.69. The van der Waals surface area contributed by atoms with Gasteiger partial charge >= 0.3 is 5.97 Å². The van der Waals surface area contributed by atoms with Crippen LogP contribution in [0.1, 0.15) is 34.6 Å². The van der Waals surface area contributed by atoms with E-state index >= 15 is 0 Å². The Bertz CT molecular complexity index is 519. The van der Waals surface area contributed by atoms with Crippen LogP contribution in [0.15, 0.2) is 24.3 Å². The molecule has 0 aromatic heterocycles. The number of imide groups is 1. The van der Waals surface area contributed by atoms with Crippen LogP contribution in [0, 0.1) is 5.92 Å². The lowest BCUT2D eigenvalue weighted by Gasteiger charge is -2.16. The maximum absolute atomic E-state index is 12.0. The van der Waals surface area contributed by atoms with Gasteiger partial charge in [-0.15, -0.1) is 5.06 Å². The Morgan fingerprint density at radius 3 is 2.25 bits per heavy atom. The van der Waals surface area contributed by atoms with Gasteiger partial charge in [0.1, 0.15) is 0 Å². The molecule has 1 unspecified atom stereocenters. The lowest BCUT2D eigenvalue weighted by atomic mass is 10.1. The van der Waals surface area contributed by atoms with Crippen molar-refractivity contribution in [2.75, 3.05) is 13.2 Å². The number of fused-ring (bicyclic) bond motifs is 1. The molecule has 0 aliphatic carbocycles. The maximum Gasteiger partial charge on any atom is 0.311 e. The molecule has 2 amide bonds. The van der Waals surface area contributed by atoms with Crippen LogP contribution >= 0.6 is 0 Å². The van der Waals surface area contributed by atoms with Crippen molar-refractivity contribution in [3.05, 3.63) is 35.4 Å². The molecule has 1 aromatic rings. The van der Waals surface area contributed by atoms with Crippen LogP contribution in [-0.4, -0.2) is 36.1 Å². The van der Waals surface area contributed by atoms with E-state index in [0.29, 0.717) is 16.2 Å². The molecular weight excluding hydrogens is 262 g/mol. The van der Waals surface area contributed by atoms with Gasteiger partial charge in [0.05, 0.1) is 30.3 Å². The third-order valence-electron chi connectivity index (χ3n) is 2.90. The Balaban J connectivity index is 2.01. The number of esters is 1. The molecule has 6 nitrogen and oxygen atoms in total. The van der Waals surface area contributed by atoms with Crippen LogP contribution < -0.4 is 0 Å². The van der Waals surface area contributed by atoms with E-state index in [4.69, 9.17) is 9.57 Å². The molecule has 106 valence electrons. The highest BCUT2D eigenvalue weighted by Gasteiger charge is 2.37. The summed E-state index contributed by atoms with van der Waals surface area (Å²) in [5.41, 5.74) is 0.613. The second kappa shape index (κ2) is 5.83. The summed E-state index contributed by atoms with van der Waals surface area (Å²) >= 11 is 0. The van der Waals surface area contributed by atoms with E-state index in [-0.39, 0.29) is 13.2 Å². The number of hydrogen-bond acceptors (Lipinski definition) is 5. The van der Waals surface area contributed by atoms with Gasteiger partial charge in [-0.05, 0) is 26.0 Å². The van der Waals surface area contributed by atoms with Gasteiger partial charge in [-0.25, -0.2) is 0 Å². The summed E-state index contributed by atoms with van der Waals surface area (Å²) in [5, 5.41) is 0.695. The lowest BCUT2D eigenvalue weighted by molar-refractivity contribution is -0.156. The largest absolute Gasteiger partial charge is 0.466 e. The summed E-state index contributed by atoms with van der Waals surface area (Å²) in [6.07, 6.45) is 0. The first-order valence-electron chi connectivity index (χ1n) is 6.33. The van der Waals surface area contributed by atoms with Gasteiger partial charge in [0.2, 0.25) is 0 Å². The van der Waals surface area contributed by atoms with E-state index in [1.54, 1.807) is 38.1 Å². The van der Waals surface area contributed by atoms with Gasteiger partial charge in [0, 0.05) is 0 Å². The van der Waals surface area contributed by atoms with Crippen molar-refractivity contribution in [1.29, 1.82) is 0 Å². The Kier molecular flexibility index (Phi) is 4.14. The number of rotatable bonds is 5. The number of carbonyl (C=O) groups excluding carboxylic acids is 3. The molecule has 1 atom stereocenters. The molecule has 1 aromatic carbocycles. The van der Waals surface area contributed by atoms with Crippen molar-refractivity contribution in [3.8, 4) is 0 Å². The smallest absolute Gasteiger partial charge is 0.311 e. The average molecular weight is 277 g/mol. The minimum absolute atomic E-state index is 0.0930. The molecule has 1 heterocycles. The minimum Gasteiger partial charge on any atom is -0.466 e. The van der Waals surface area contributed by atoms with Crippen molar-refractivity contribution >= 4 is 17.8 Å². The summed E-state index contributed by atoms with van der Waals surface area (Å²) < 4.78 is 4.83. The van der Waals surface area contributed by atoms with Gasteiger partial charge in [-0.3, -0.25) is 19.2 Å². The normalized spacial score (nSPS) is 15.2. The first-order chi connectivity index (χ1) is 9.56. The molecule has 6 heteroatoms. The third-order valence-corrected chi connectivity index (χ3v) is 2.90. The molecule has 1 aliphatic rings. The van der Waals surface area contributed by atoms with Gasteiger partial charge in [-0.1, -0.05) is 12.1 Å². The van der Waals surface area contributed by atoms with Gasteiger partial charge < -0.3 is 4.74 Å². The third kappa shape index (κ3) is 2.55. The van der Waals surface area contributed by atoms with Gasteiger partial charge in [0.15, 0.2) is 0 Å². The summed E-state index contributed by atoms with van der Waals surface area (Å²) in [6, 6.07) is 6.48. The van der Waals surface area contributed by atoms with Crippen LogP contribution in [0.5, 0.6) is 0 Å². The molecule has 1 aliphatic heterocycles. The van der Waals surface area contributed by atoms with Crippen LogP contribution in [0.4, 0.5) is 0 Å². The summed E-state index contributed by atoms with van der Waals surface area (Å²) in [6.45, 7) is 3.49. The van der Waals surface area contributed by atoms with E-state index in [0.717, 1.165) is 0 Å². The van der Waals surface area contributed by atoms with Crippen molar-refractivity contribution in [1.82, 2.24) is 5.06 Å². The number of ether oxygens (including phenoxy) is 1. The molecule has 0 saturated carbocycles. The van der Waals surface area contributed by atoms with E-state index in [1.165, 1.54) is 0 Å². The number of benzene rings is 1. The zero-order valence-electron chi connectivity index (χ0n) is 11.3. The van der Waals surface area contributed by atoms with Crippen LogP contribution in [0.25, 0.3) is 0 Å². The first-order valence-corrected chi connectivity index (χ1v) is 6.33. The van der Waals surface area contributed by atoms with Crippen LogP contribution in [0.3, 0.4) is 0 Å². The Labute approximate surface area is 116 Å². The summed E-state index contributed by atoms with van der Waals surface area (Å²) in [7, 11) is 0. The fraction of sp³-hybridized carbons (Fsp3) is 0.357. The van der Waals surface area contributed by atoms with E-state index < -0.39 is 23.7 Å². The van der Waals surface area contributed by atoms with E-state index in [1.807, 2.05) is 0 Å². The molecule has 0 radical (unpaired) electrons. The highest BCUT2D eigenvalue weighted by Crippen LogP contribution is 2.22. The second-order valence-electron chi connectivity index (χ2n) is 4.40. The second-order valence-corrected chi connectivity index (χ2v) is 4.40. The zero-order chi connectivity index (χ0) is 14.7. The molecule has 0 bridgehead atoms. The lowest BCUT2D eigenvalue weighted by Crippen LogP contribution is -2.33. The first kappa shape index (κ1) is 14.2.